The van der Waals surface area contributed by atoms with E-state index in [0.29, 0.717) is 5.56 Å². The maximum Gasteiger partial charge on any atom is 0.248 e. The van der Waals surface area contributed by atoms with E-state index in [-0.39, 0.29) is 5.91 Å². The number of benzene rings is 1. The first-order valence-corrected chi connectivity index (χ1v) is 3.96. The second kappa shape index (κ2) is 3.05. The molecule has 0 aromatic heterocycles. The lowest BCUT2D eigenvalue weighted by molar-refractivity contribution is 0.1000. The molecule has 0 fully saturated rings. The summed E-state index contributed by atoms with van der Waals surface area (Å²) in [5.74, 6) is -0.388. The smallest absolute Gasteiger partial charge is 0.248 e. The molecule has 0 unspecified atom stereocenters. The number of nitrogens with two attached hydrogens (primary N) is 1. The third kappa shape index (κ3) is 1.80. The van der Waals surface area contributed by atoms with Crippen LogP contribution >= 0.6 is 15.9 Å². The first kappa shape index (κ1) is 8.27. The lowest BCUT2D eigenvalue weighted by Gasteiger charge is -1.99. The Morgan fingerprint density at radius 1 is 1.55 bits per heavy atom. The van der Waals surface area contributed by atoms with Crippen LogP contribution in [-0.2, 0) is 0 Å². The van der Waals surface area contributed by atoms with E-state index in [0.717, 1.165) is 10.0 Å². The van der Waals surface area contributed by atoms with Gasteiger partial charge in [0.15, 0.2) is 0 Å². The zero-order valence-electron chi connectivity index (χ0n) is 6.10. The van der Waals surface area contributed by atoms with Gasteiger partial charge < -0.3 is 5.73 Å². The van der Waals surface area contributed by atoms with Gasteiger partial charge in [-0.25, -0.2) is 0 Å². The normalized spacial score (nSPS) is 9.64. The third-order valence-corrected chi connectivity index (χ3v) is 2.33. The fourth-order valence-electron chi connectivity index (χ4n) is 0.798. The summed E-state index contributed by atoms with van der Waals surface area (Å²) in [6.07, 6.45) is 0. The van der Waals surface area contributed by atoms with Crippen LogP contribution in [0.1, 0.15) is 15.9 Å². The molecule has 0 saturated carbocycles. The quantitative estimate of drug-likeness (QED) is 0.761. The topological polar surface area (TPSA) is 43.1 Å². The zero-order chi connectivity index (χ0) is 8.43. The Bertz CT molecular complexity index is 296. The monoisotopic (exact) mass is 213 g/mol. The highest BCUT2D eigenvalue weighted by atomic mass is 79.9. The predicted octanol–water partition coefficient (Wildman–Crippen LogP) is 1.86. The van der Waals surface area contributed by atoms with Crippen LogP contribution in [0, 0.1) is 6.92 Å². The lowest BCUT2D eigenvalue weighted by atomic mass is 10.1. The largest absolute Gasteiger partial charge is 0.366 e. The molecule has 11 heavy (non-hydrogen) atoms. The number of halogens is 1. The van der Waals surface area contributed by atoms with Gasteiger partial charge in [-0.15, -0.1) is 0 Å². The van der Waals surface area contributed by atoms with Gasteiger partial charge in [0, 0.05) is 10.0 Å². The Morgan fingerprint density at radius 2 is 2.18 bits per heavy atom. The Balaban J connectivity index is 3.15. The first-order valence-electron chi connectivity index (χ1n) is 3.17. The van der Waals surface area contributed by atoms with Crippen LogP contribution in [0.25, 0.3) is 0 Å². The molecule has 0 radical (unpaired) electrons. The minimum Gasteiger partial charge on any atom is -0.366 e. The molecule has 0 aliphatic carbocycles. The van der Waals surface area contributed by atoms with Crippen molar-refractivity contribution >= 4 is 21.8 Å². The number of hydrogen-bond acceptors (Lipinski definition) is 1. The summed E-state index contributed by atoms with van der Waals surface area (Å²) in [6, 6.07) is 5.27. The van der Waals surface area contributed by atoms with Gasteiger partial charge in [0.2, 0.25) is 5.91 Å². The van der Waals surface area contributed by atoms with Crippen LogP contribution in [0.3, 0.4) is 0 Å². The average molecular weight is 214 g/mol. The maximum absolute atomic E-state index is 10.7. The lowest BCUT2D eigenvalue weighted by Crippen LogP contribution is -2.10. The molecule has 1 aromatic rings. The summed E-state index contributed by atoms with van der Waals surface area (Å²) >= 11 is 3.33. The summed E-state index contributed by atoms with van der Waals surface area (Å²) in [4.78, 5) is 10.7. The van der Waals surface area contributed by atoms with Gasteiger partial charge in [-0.2, -0.15) is 0 Å². The van der Waals surface area contributed by atoms with Crippen molar-refractivity contribution in [3.8, 4) is 0 Å². The van der Waals surface area contributed by atoms with Crippen LogP contribution < -0.4 is 5.73 Å². The number of carbonyl (C=O) groups is 1. The fourth-order valence-corrected chi connectivity index (χ4v) is 1.04. The molecule has 1 aromatic carbocycles. The predicted molar refractivity (Wildman–Crippen MR) is 47.4 cm³/mol. The van der Waals surface area contributed by atoms with Crippen molar-refractivity contribution in [2.75, 3.05) is 0 Å². The molecule has 3 heteroatoms. The molecular weight excluding hydrogens is 206 g/mol. The highest BCUT2D eigenvalue weighted by Crippen LogP contribution is 2.16. The standard InChI is InChI=1S/C8H8BrNO/c1-5-4-6(8(10)11)2-3-7(5)9/h2-4H,1H3,(H2,10,11). The molecule has 0 heterocycles. The van der Waals surface area contributed by atoms with Gasteiger partial charge in [0.1, 0.15) is 0 Å². The van der Waals surface area contributed by atoms with E-state index in [1.807, 2.05) is 13.0 Å². The Labute approximate surface area is 73.5 Å². The first-order chi connectivity index (χ1) is 5.11. The highest BCUT2D eigenvalue weighted by molar-refractivity contribution is 9.10. The van der Waals surface area contributed by atoms with Crippen molar-refractivity contribution in [1.29, 1.82) is 0 Å². The third-order valence-electron chi connectivity index (χ3n) is 1.44. The Kier molecular flexibility index (Phi) is 2.29. The number of hydrogen-bond donors (Lipinski definition) is 1. The van der Waals surface area contributed by atoms with Crippen molar-refractivity contribution < 1.29 is 4.79 Å². The van der Waals surface area contributed by atoms with Crippen LogP contribution in [-0.4, -0.2) is 5.91 Å². The molecule has 2 nitrogen and oxygen atoms in total. The molecule has 0 aliphatic rings. The number of primary amides is 1. The minimum atomic E-state index is -0.388. The summed E-state index contributed by atoms with van der Waals surface area (Å²) in [6.45, 7) is 1.91. The van der Waals surface area contributed by atoms with Crippen LogP contribution in [0.4, 0.5) is 0 Å². The van der Waals surface area contributed by atoms with Gasteiger partial charge in [0.05, 0.1) is 0 Å². The molecule has 58 valence electrons. The second-order valence-corrected chi connectivity index (χ2v) is 3.18. The van der Waals surface area contributed by atoms with Crippen molar-refractivity contribution in [1.82, 2.24) is 0 Å². The Morgan fingerprint density at radius 3 is 2.64 bits per heavy atom. The van der Waals surface area contributed by atoms with Crippen molar-refractivity contribution in [2.45, 2.75) is 6.92 Å². The maximum atomic E-state index is 10.7. The number of aryl methyl sites for hydroxylation is 1. The molecule has 0 saturated heterocycles. The fraction of sp³-hybridized carbons (Fsp3) is 0.125. The van der Waals surface area contributed by atoms with Gasteiger partial charge in [-0.3, -0.25) is 4.79 Å². The van der Waals surface area contributed by atoms with E-state index in [9.17, 15) is 4.79 Å². The summed E-state index contributed by atoms with van der Waals surface area (Å²) in [5.41, 5.74) is 6.64. The van der Waals surface area contributed by atoms with Gasteiger partial charge in [-0.05, 0) is 30.7 Å². The SMILES string of the molecule is Cc1cc(C(N)=O)ccc1Br. The molecule has 2 N–H and O–H groups in total. The van der Waals surface area contributed by atoms with Crippen molar-refractivity contribution in [3.63, 3.8) is 0 Å². The molecular formula is C8H8BrNO. The van der Waals surface area contributed by atoms with E-state index >= 15 is 0 Å². The number of rotatable bonds is 1. The van der Waals surface area contributed by atoms with E-state index in [1.54, 1.807) is 12.1 Å². The van der Waals surface area contributed by atoms with Crippen molar-refractivity contribution in [3.05, 3.63) is 33.8 Å². The molecule has 0 bridgehead atoms. The minimum absolute atomic E-state index is 0.388. The van der Waals surface area contributed by atoms with E-state index < -0.39 is 0 Å². The van der Waals surface area contributed by atoms with Gasteiger partial charge in [0.25, 0.3) is 0 Å². The number of carbonyl (C=O) groups excluding carboxylic acids is 1. The van der Waals surface area contributed by atoms with Crippen LogP contribution in [0.15, 0.2) is 22.7 Å². The van der Waals surface area contributed by atoms with Gasteiger partial charge in [-0.1, -0.05) is 15.9 Å². The van der Waals surface area contributed by atoms with Crippen molar-refractivity contribution in [2.24, 2.45) is 5.73 Å². The van der Waals surface area contributed by atoms with E-state index in [4.69, 9.17) is 5.73 Å². The summed E-state index contributed by atoms with van der Waals surface area (Å²) in [7, 11) is 0. The molecule has 0 atom stereocenters. The van der Waals surface area contributed by atoms with E-state index in [1.165, 1.54) is 0 Å². The second-order valence-electron chi connectivity index (χ2n) is 2.33. The zero-order valence-corrected chi connectivity index (χ0v) is 7.68. The average Bonchev–Trinajstić information content (AvgIpc) is 1.94. The van der Waals surface area contributed by atoms with Gasteiger partial charge >= 0.3 is 0 Å². The molecule has 0 aliphatic heterocycles. The molecule has 1 amide bonds. The van der Waals surface area contributed by atoms with Crippen LogP contribution in [0.5, 0.6) is 0 Å². The van der Waals surface area contributed by atoms with E-state index in [2.05, 4.69) is 15.9 Å². The Hall–Kier alpha value is -0.830. The summed E-state index contributed by atoms with van der Waals surface area (Å²) < 4.78 is 0.988. The molecule has 1 rings (SSSR count). The number of amides is 1. The highest BCUT2D eigenvalue weighted by Gasteiger charge is 2.00. The van der Waals surface area contributed by atoms with Crippen LogP contribution in [0.2, 0.25) is 0 Å². The molecule has 0 spiro atoms. The summed E-state index contributed by atoms with van der Waals surface area (Å²) in [5, 5.41) is 0.